The van der Waals surface area contributed by atoms with Gasteiger partial charge >= 0.3 is 6.09 Å². The molecule has 0 bridgehead atoms. The molecule has 6 heteroatoms. The minimum absolute atomic E-state index is 0.100. The van der Waals surface area contributed by atoms with E-state index in [1.54, 1.807) is 4.90 Å². The fraction of sp³-hybridized carbons (Fsp3) is 0.526. The van der Waals surface area contributed by atoms with Gasteiger partial charge in [-0.15, -0.1) is 0 Å². The highest BCUT2D eigenvalue weighted by Gasteiger charge is 2.36. The molecule has 1 N–H and O–H groups in total. The summed E-state index contributed by atoms with van der Waals surface area (Å²) in [5, 5.41) is 9.48. The van der Waals surface area contributed by atoms with Gasteiger partial charge in [0, 0.05) is 31.1 Å². The van der Waals surface area contributed by atoms with Gasteiger partial charge in [0.15, 0.2) is 0 Å². The Bertz CT molecular complexity index is 629. The molecule has 1 aliphatic heterocycles. The molecule has 0 radical (unpaired) electrons. The third-order valence-electron chi connectivity index (χ3n) is 4.49. The summed E-state index contributed by atoms with van der Waals surface area (Å²) in [6.45, 7) is 6.40. The van der Waals surface area contributed by atoms with E-state index in [0.29, 0.717) is 25.9 Å². The van der Waals surface area contributed by atoms with E-state index >= 15 is 0 Å². The van der Waals surface area contributed by atoms with Crippen molar-refractivity contribution >= 4 is 17.8 Å². The van der Waals surface area contributed by atoms with E-state index in [0.717, 1.165) is 5.56 Å². The monoisotopic (exact) mass is 346 g/mol. The van der Waals surface area contributed by atoms with Crippen molar-refractivity contribution in [3.05, 3.63) is 35.9 Å². The molecule has 25 heavy (non-hydrogen) atoms. The number of rotatable bonds is 4. The predicted molar refractivity (Wildman–Crippen MR) is 94.4 cm³/mol. The molecule has 136 valence electrons. The number of Topliss-reactive ketones (excluding diaryl/α,β-unsaturated/α-hetero) is 1. The Hall–Kier alpha value is -2.37. The Kier molecular flexibility index (Phi) is 5.82. The average Bonchev–Trinajstić information content (AvgIpc) is 2.54. The molecule has 1 fully saturated rings. The number of carbonyl (C=O) groups is 3. The van der Waals surface area contributed by atoms with E-state index in [4.69, 9.17) is 0 Å². The summed E-state index contributed by atoms with van der Waals surface area (Å²) in [5.41, 5.74) is 0.326. The molecule has 0 spiro atoms. The van der Waals surface area contributed by atoms with Gasteiger partial charge in [-0.05, 0) is 39.2 Å². The normalized spacial score (nSPS) is 15.7. The fourth-order valence-corrected chi connectivity index (χ4v) is 3.35. The number of carbonyl (C=O) groups excluding carboxylic acids is 2. The number of hydrogen-bond donors (Lipinski definition) is 1. The maximum Gasteiger partial charge on any atom is 0.407 e. The van der Waals surface area contributed by atoms with Gasteiger partial charge in [0.05, 0.1) is 0 Å². The molecule has 0 atom stereocenters. The molecule has 6 nitrogen and oxygen atoms in total. The lowest BCUT2D eigenvalue weighted by Gasteiger charge is -2.43. The van der Waals surface area contributed by atoms with Crippen molar-refractivity contribution in [3.8, 4) is 0 Å². The summed E-state index contributed by atoms with van der Waals surface area (Å²) in [5.74, 6) is -0.893. The molecule has 1 aliphatic rings. The van der Waals surface area contributed by atoms with Gasteiger partial charge < -0.3 is 14.9 Å². The summed E-state index contributed by atoms with van der Waals surface area (Å²) < 4.78 is 0. The summed E-state index contributed by atoms with van der Waals surface area (Å²) in [7, 11) is 0. The zero-order valence-electron chi connectivity index (χ0n) is 15.1. The molecule has 2 amide bonds. The zero-order valence-corrected chi connectivity index (χ0v) is 15.1. The van der Waals surface area contributed by atoms with Gasteiger partial charge in [-0.2, -0.15) is 0 Å². The Balaban J connectivity index is 1.94. The molecular weight excluding hydrogens is 320 g/mol. The van der Waals surface area contributed by atoms with Crippen molar-refractivity contribution in [3.63, 3.8) is 0 Å². The largest absolute Gasteiger partial charge is 0.465 e. The van der Waals surface area contributed by atoms with Crippen LogP contribution in [0.2, 0.25) is 0 Å². The van der Waals surface area contributed by atoms with Crippen LogP contribution in [-0.4, -0.2) is 57.4 Å². The van der Waals surface area contributed by atoms with E-state index in [-0.39, 0.29) is 12.5 Å². The second-order valence-electron chi connectivity index (χ2n) is 7.43. The highest BCUT2D eigenvalue weighted by atomic mass is 16.4. The minimum atomic E-state index is -0.947. The number of carboxylic acid groups (broad SMARTS) is 1. The Labute approximate surface area is 148 Å². The summed E-state index contributed by atoms with van der Waals surface area (Å²) >= 11 is 0. The first kappa shape index (κ1) is 19.0. The zero-order chi connectivity index (χ0) is 18.6. The van der Waals surface area contributed by atoms with Crippen LogP contribution in [0, 0.1) is 0 Å². The first-order valence-electron chi connectivity index (χ1n) is 8.58. The topological polar surface area (TPSA) is 77.9 Å². The number of hydrogen-bond acceptors (Lipinski definition) is 3. The maximum atomic E-state index is 12.4. The quantitative estimate of drug-likeness (QED) is 0.850. The molecule has 1 aromatic rings. The second kappa shape index (κ2) is 7.68. The van der Waals surface area contributed by atoms with E-state index < -0.39 is 23.3 Å². The number of likely N-dealkylation sites (tertiary alicyclic amines) is 1. The number of piperidine rings is 1. The fourth-order valence-electron chi connectivity index (χ4n) is 3.35. The molecule has 0 unspecified atom stereocenters. The molecule has 0 aliphatic carbocycles. The molecule has 0 aromatic heterocycles. The average molecular weight is 346 g/mol. The van der Waals surface area contributed by atoms with Crippen LogP contribution >= 0.6 is 0 Å². The third-order valence-corrected chi connectivity index (χ3v) is 4.49. The van der Waals surface area contributed by atoms with Crippen LogP contribution in [-0.2, 0) is 16.0 Å². The third kappa shape index (κ3) is 4.81. The summed E-state index contributed by atoms with van der Waals surface area (Å²) in [4.78, 5) is 39.1. The molecular formula is C19H26N2O4. The molecule has 2 rings (SSSR count). The standard InChI is InChI=1S/C19H26N2O4/c1-19(2,3)21(18(24)25)15-9-11-20(12-10-15)17(23)16(22)13-14-7-5-4-6-8-14/h4-8,15H,9-13H2,1-3H3,(H,24,25). The lowest BCUT2D eigenvalue weighted by Crippen LogP contribution is -2.55. The highest BCUT2D eigenvalue weighted by Crippen LogP contribution is 2.24. The number of amides is 2. The van der Waals surface area contributed by atoms with Crippen LogP contribution in [0.25, 0.3) is 0 Å². The summed E-state index contributed by atoms with van der Waals surface area (Å²) in [6.07, 6.45) is 0.252. The van der Waals surface area contributed by atoms with Crippen LogP contribution in [0.15, 0.2) is 30.3 Å². The van der Waals surface area contributed by atoms with E-state index in [9.17, 15) is 19.5 Å². The van der Waals surface area contributed by atoms with Crippen molar-refractivity contribution in [1.82, 2.24) is 9.80 Å². The smallest absolute Gasteiger partial charge is 0.407 e. The second-order valence-corrected chi connectivity index (χ2v) is 7.43. The number of ketones is 1. The van der Waals surface area contributed by atoms with Gasteiger partial charge in [0.2, 0.25) is 5.78 Å². The van der Waals surface area contributed by atoms with Crippen LogP contribution in [0.3, 0.4) is 0 Å². The van der Waals surface area contributed by atoms with Gasteiger partial charge in [0.25, 0.3) is 5.91 Å². The Morgan fingerprint density at radius 2 is 1.68 bits per heavy atom. The highest BCUT2D eigenvalue weighted by molar-refractivity contribution is 6.36. The van der Waals surface area contributed by atoms with Crippen LogP contribution in [0.4, 0.5) is 4.79 Å². The van der Waals surface area contributed by atoms with Crippen molar-refractivity contribution in [1.29, 1.82) is 0 Å². The number of benzene rings is 1. The van der Waals surface area contributed by atoms with Crippen molar-refractivity contribution < 1.29 is 19.5 Å². The van der Waals surface area contributed by atoms with Gasteiger partial charge in [-0.1, -0.05) is 30.3 Å². The molecule has 1 aromatic carbocycles. The lowest BCUT2D eigenvalue weighted by molar-refractivity contribution is -0.145. The maximum absolute atomic E-state index is 12.4. The number of nitrogens with zero attached hydrogens (tertiary/aromatic N) is 2. The van der Waals surface area contributed by atoms with Gasteiger partial charge in [-0.25, -0.2) is 4.79 Å². The van der Waals surface area contributed by atoms with Crippen molar-refractivity contribution in [2.45, 2.75) is 51.6 Å². The van der Waals surface area contributed by atoms with Crippen LogP contribution < -0.4 is 0 Å². The first-order valence-corrected chi connectivity index (χ1v) is 8.58. The van der Waals surface area contributed by atoms with Crippen LogP contribution in [0.5, 0.6) is 0 Å². The predicted octanol–water partition coefficient (Wildman–Crippen LogP) is 2.57. The molecule has 0 saturated carbocycles. The van der Waals surface area contributed by atoms with Crippen molar-refractivity contribution in [2.75, 3.05) is 13.1 Å². The van der Waals surface area contributed by atoms with E-state index in [1.165, 1.54) is 4.90 Å². The van der Waals surface area contributed by atoms with E-state index in [2.05, 4.69) is 0 Å². The molecule has 1 heterocycles. The van der Waals surface area contributed by atoms with Gasteiger partial charge in [0.1, 0.15) is 0 Å². The van der Waals surface area contributed by atoms with Gasteiger partial charge in [-0.3, -0.25) is 9.59 Å². The minimum Gasteiger partial charge on any atom is -0.465 e. The van der Waals surface area contributed by atoms with Crippen LogP contribution in [0.1, 0.15) is 39.2 Å². The Morgan fingerprint density at radius 1 is 1.12 bits per heavy atom. The Morgan fingerprint density at radius 3 is 2.16 bits per heavy atom. The first-order chi connectivity index (χ1) is 11.7. The lowest BCUT2D eigenvalue weighted by atomic mass is 9.96. The summed E-state index contributed by atoms with van der Waals surface area (Å²) in [6, 6.07) is 9.06. The molecule has 1 saturated heterocycles. The van der Waals surface area contributed by atoms with E-state index in [1.807, 2.05) is 51.1 Å². The van der Waals surface area contributed by atoms with Crippen molar-refractivity contribution in [2.24, 2.45) is 0 Å². The SMILES string of the molecule is CC(C)(C)N(C(=O)O)C1CCN(C(=O)C(=O)Cc2ccccc2)CC1.